The molecule has 0 fully saturated rings. The van der Waals surface area contributed by atoms with Crippen LogP contribution in [0.4, 0.5) is 0 Å². The first-order valence-electron chi connectivity index (χ1n) is 9.16. The van der Waals surface area contributed by atoms with Gasteiger partial charge in [-0.2, -0.15) is 0 Å². The van der Waals surface area contributed by atoms with Gasteiger partial charge in [0, 0.05) is 6.42 Å². The third-order valence-corrected chi connectivity index (χ3v) is 3.32. The number of carboxylic acid groups (broad SMARTS) is 1. The molecule has 144 valence electrons. The lowest BCUT2D eigenvalue weighted by molar-refractivity contribution is -0.264. The predicted octanol–water partition coefficient (Wildman–Crippen LogP) is 6.02. The first kappa shape index (κ1) is 23.8. The van der Waals surface area contributed by atoms with E-state index in [0.29, 0.717) is 12.8 Å². The zero-order valence-electron chi connectivity index (χ0n) is 15.7. The molecule has 26 heavy (non-hydrogen) atoms. The van der Waals surface area contributed by atoms with Crippen molar-refractivity contribution in [1.82, 2.24) is 0 Å². The van der Waals surface area contributed by atoms with Gasteiger partial charge in [-0.1, -0.05) is 79.8 Å². The largest absolute Gasteiger partial charge is 0.481 e. The minimum Gasteiger partial charge on any atom is -0.481 e. The minimum atomic E-state index is -0.780. The molecule has 0 radical (unpaired) electrons. The second kappa shape index (κ2) is 19.2. The van der Waals surface area contributed by atoms with Gasteiger partial charge < -0.3 is 5.11 Å². The van der Waals surface area contributed by atoms with Crippen molar-refractivity contribution in [2.75, 3.05) is 0 Å². The van der Waals surface area contributed by atoms with Crippen LogP contribution in [-0.4, -0.2) is 22.4 Å². The van der Waals surface area contributed by atoms with Crippen LogP contribution in [0.25, 0.3) is 0 Å². The number of carboxylic acids is 1. The lowest BCUT2D eigenvalue weighted by Crippen LogP contribution is -2.04. The zero-order chi connectivity index (χ0) is 19.3. The van der Waals surface area contributed by atoms with Crippen LogP contribution in [0.1, 0.15) is 51.9 Å². The van der Waals surface area contributed by atoms with Crippen molar-refractivity contribution < 1.29 is 20.0 Å². The van der Waals surface area contributed by atoms with Gasteiger partial charge in [0.15, 0.2) is 0 Å². The molecule has 0 aromatic carbocycles. The molecule has 0 bridgehead atoms. The van der Waals surface area contributed by atoms with Crippen molar-refractivity contribution in [3.8, 4) is 0 Å². The monoisotopic (exact) mass is 360 g/mol. The molecule has 0 aromatic rings. The van der Waals surface area contributed by atoms with Crippen molar-refractivity contribution in [3.63, 3.8) is 0 Å². The molecule has 0 unspecified atom stereocenters. The van der Waals surface area contributed by atoms with Gasteiger partial charge in [0.25, 0.3) is 0 Å². The number of carbonyl (C=O) groups is 1. The molecule has 4 heteroatoms. The summed E-state index contributed by atoms with van der Waals surface area (Å²) in [6, 6.07) is 0. The highest BCUT2D eigenvalue weighted by molar-refractivity contribution is 5.66. The van der Waals surface area contributed by atoms with E-state index in [0.717, 1.165) is 25.7 Å². The molecule has 0 saturated heterocycles. The zero-order valence-corrected chi connectivity index (χ0v) is 15.7. The molecule has 2 N–H and O–H groups in total. The van der Waals surface area contributed by atoms with Crippen LogP contribution in [0.5, 0.6) is 0 Å². The Hall–Kier alpha value is -2.17. The van der Waals surface area contributed by atoms with E-state index in [4.69, 9.17) is 10.4 Å². The van der Waals surface area contributed by atoms with E-state index in [9.17, 15) is 4.79 Å². The second-order valence-corrected chi connectivity index (χ2v) is 5.63. The predicted molar refractivity (Wildman–Crippen MR) is 108 cm³/mol. The Morgan fingerprint density at radius 3 is 2.15 bits per heavy atom. The topological polar surface area (TPSA) is 66.8 Å². The van der Waals surface area contributed by atoms with Gasteiger partial charge in [-0.05, 0) is 38.5 Å². The Labute approximate surface area is 157 Å². The molecule has 0 saturated carbocycles. The number of rotatable bonds is 15. The van der Waals surface area contributed by atoms with E-state index < -0.39 is 5.97 Å². The van der Waals surface area contributed by atoms with E-state index in [1.807, 2.05) is 36.5 Å². The number of hydrogen-bond acceptors (Lipinski definition) is 3. The van der Waals surface area contributed by atoms with E-state index in [1.165, 1.54) is 0 Å². The van der Waals surface area contributed by atoms with Crippen LogP contribution in [0.15, 0.2) is 72.9 Å². The Kier molecular flexibility index (Phi) is 17.6. The van der Waals surface area contributed by atoms with E-state index in [2.05, 4.69) is 42.2 Å². The van der Waals surface area contributed by atoms with E-state index in [1.54, 1.807) is 6.08 Å². The van der Waals surface area contributed by atoms with Crippen LogP contribution in [0.3, 0.4) is 0 Å². The third kappa shape index (κ3) is 18.2. The Morgan fingerprint density at radius 1 is 0.885 bits per heavy atom. The normalized spacial score (nSPS) is 14.2. The summed E-state index contributed by atoms with van der Waals surface area (Å²) in [5, 5.41) is 17.4. The highest BCUT2D eigenvalue weighted by Crippen LogP contribution is 2.02. The van der Waals surface area contributed by atoms with Crippen molar-refractivity contribution >= 4 is 5.97 Å². The van der Waals surface area contributed by atoms with Crippen molar-refractivity contribution in [2.45, 2.75) is 58.0 Å². The van der Waals surface area contributed by atoms with Gasteiger partial charge in [0.1, 0.15) is 6.10 Å². The average Bonchev–Trinajstić information content (AvgIpc) is 2.63. The van der Waals surface area contributed by atoms with Crippen LogP contribution in [-0.2, 0) is 9.68 Å². The summed E-state index contributed by atoms with van der Waals surface area (Å²) >= 11 is 0. The highest BCUT2D eigenvalue weighted by Gasteiger charge is 1.99. The van der Waals surface area contributed by atoms with Gasteiger partial charge in [0.2, 0.25) is 0 Å². The first-order chi connectivity index (χ1) is 12.7. The quantitative estimate of drug-likeness (QED) is 0.162. The molecular weight excluding hydrogens is 328 g/mol. The molecule has 0 aliphatic rings. The fourth-order valence-corrected chi connectivity index (χ4v) is 1.94. The molecule has 1 atom stereocenters. The second-order valence-electron chi connectivity index (χ2n) is 5.63. The van der Waals surface area contributed by atoms with Crippen LogP contribution in [0.2, 0.25) is 0 Å². The maximum atomic E-state index is 10.3. The molecular formula is C22H32O4. The summed E-state index contributed by atoms with van der Waals surface area (Å²) in [7, 11) is 0. The highest BCUT2D eigenvalue weighted by atomic mass is 17.1. The molecule has 0 aliphatic heterocycles. The fraction of sp³-hybridized carbons (Fsp3) is 0.409. The molecule has 0 spiro atoms. The molecule has 0 aromatic heterocycles. The lowest BCUT2D eigenvalue weighted by atomic mass is 10.2. The van der Waals surface area contributed by atoms with Gasteiger partial charge in [-0.3, -0.25) is 10.1 Å². The maximum Gasteiger partial charge on any atom is 0.303 e. The SMILES string of the molecule is CCC=CCC=CCC=CC[C@@H](C=CC=CCC=CCCC(=O)O)OO. The van der Waals surface area contributed by atoms with Gasteiger partial charge in [-0.15, -0.1) is 0 Å². The number of hydrogen-bond donors (Lipinski definition) is 2. The molecule has 0 rings (SSSR count). The summed E-state index contributed by atoms with van der Waals surface area (Å²) in [6.07, 6.45) is 28.5. The number of aliphatic carboxylic acids is 1. The maximum absolute atomic E-state index is 10.3. The third-order valence-electron chi connectivity index (χ3n) is 3.32. The summed E-state index contributed by atoms with van der Waals surface area (Å²) in [4.78, 5) is 14.8. The van der Waals surface area contributed by atoms with Crippen molar-refractivity contribution in [1.29, 1.82) is 0 Å². The Bertz CT molecular complexity index is 510. The van der Waals surface area contributed by atoms with Crippen LogP contribution >= 0.6 is 0 Å². The Balaban J connectivity index is 3.90. The van der Waals surface area contributed by atoms with Gasteiger partial charge in [0.05, 0.1) is 0 Å². The van der Waals surface area contributed by atoms with E-state index >= 15 is 0 Å². The molecule has 4 nitrogen and oxygen atoms in total. The molecule has 0 aliphatic carbocycles. The smallest absolute Gasteiger partial charge is 0.303 e. The first-order valence-corrected chi connectivity index (χ1v) is 9.16. The summed E-state index contributed by atoms with van der Waals surface area (Å²) in [5.41, 5.74) is 0. The average molecular weight is 360 g/mol. The van der Waals surface area contributed by atoms with Crippen LogP contribution < -0.4 is 0 Å². The molecule has 0 heterocycles. The summed E-state index contributed by atoms with van der Waals surface area (Å²) in [5.74, 6) is -0.780. The van der Waals surface area contributed by atoms with Crippen molar-refractivity contribution in [2.24, 2.45) is 0 Å². The fourth-order valence-electron chi connectivity index (χ4n) is 1.94. The Morgan fingerprint density at radius 2 is 1.50 bits per heavy atom. The minimum absolute atomic E-state index is 0.162. The molecule has 0 amide bonds. The summed E-state index contributed by atoms with van der Waals surface area (Å²) in [6.45, 7) is 2.12. The lowest BCUT2D eigenvalue weighted by Gasteiger charge is -2.03. The standard InChI is InChI=1S/C22H32O4/c1-2-3-4-5-6-7-9-12-15-18-21(26-25)19-16-13-10-8-11-14-17-20-22(23)24/h3-4,6-7,10-16,19,21,25H,2,5,8-9,17-18,20H2,1H3,(H,23,24)/t21-/m0/s1. The van der Waals surface area contributed by atoms with Gasteiger partial charge in [-0.25, -0.2) is 4.89 Å². The van der Waals surface area contributed by atoms with Gasteiger partial charge >= 0.3 is 5.97 Å². The van der Waals surface area contributed by atoms with E-state index in [-0.39, 0.29) is 12.5 Å². The van der Waals surface area contributed by atoms with Crippen molar-refractivity contribution in [3.05, 3.63) is 72.9 Å². The van der Waals surface area contributed by atoms with Crippen LogP contribution in [0, 0.1) is 0 Å². The summed E-state index contributed by atoms with van der Waals surface area (Å²) < 4.78 is 0. The number of allylic oxidation sites excluding steroid dienone is 10.